The summed E-state index contributed by atoms with van der Waals surface area (Å²) < 4.78 is 7.39. The molecule has 0 amide bonds. The van der Waals surface area contributed by atoms with Crippen LogP contribution >= 0.6 is 0 Å². The Labute approximate surface area is 98.1 Å². The first-order valence-electron chi connectivity index (χ1n) is 5.38. The van der Waals surface area contributed by atoms with Crippen molar-refractivity contribution in [3.8, 4) is 0 Å². The van der Waals surface area contributed by atoms with Gasteiger partial charge in [-0.05, 0) is 12.1 Å². The van der Waals surface area contributed by atoms with Crippen LogP contribution in [0.4, 0.5) is 0 Å². The summed E-state index contributed by atoms with van der Waals surface area (Å²) in [7, 11) is 1.86. The molecule has 1 N–H and O–H groups in total. The van der Waals surface area contributed by atoms with Crippen molar-refractivity contribution < 1.29 is 9.52 Å². The second-order valence-corrected chi connectivity index (χ2v) is 4.05. The maximum atomic E-state index is 10.1. The molecule has 0 radical (unpaired) electrons. The third-order valence-corrected chi connectivity index (χ3v) is 2.72. The van der Waals surface area contributed by atoms with Crippen LogP contribution in [0.2, 0.25) is 0 Å². The van der Waals surface area contributed by atoms with E-state index in [4.69, 9.17) is 4.42 Å². The second-order valence-electron chi connectivity index (χ2n) is 4.05. The minimum atomic E-state index is -0.816. The number of hydrogen-bond donors (Lipinski definition) is 1. The van der Waals surface area contributed by atoms with Gasteiger partial charge in [-0.15, -0.1) is 0 Å². The van der Waals surface area contributed by atoms with Gasteiger partial charge in [0.2, 0.25) is 0 Å². The molecule has 4 heteroatoms. The fourth-order valence-corrected chi connectivity index (χ4v) is 1.86. The number of furan rings is 1. The molecule has 3 aromatic rings. The van der Waals surface area contributed by atoms with Gasteiger partial charge in [0.05, 0.1) is 12.0 Å². The first-order chi connectivity index (χ1) is 8.24. The molecule has 0 saturated carbocycles. The molecule has 4 nitrogen and oxygen atoms in total. The van der Waals surface area contributed by atoms with Crippen LogP contribution in [0.5, 0.6) is 0 Å². The van der Waals surface area contributed by atoms with E-state index in [0.717, 1.165) is 11.0 Å². The summed E-state index contributed by atoms with van der Waals surface area (Å²) in [5.41, 5.74) is 1.36. The van der Waals surface area contributed by atoms with E-state index in [9.17, 15) is 5.11 Å². The summed E-state index contributed by atoms with van der Waals surface area (Å²) in [6.07, 6.45) is 2.61. The molecule has 0 aliphatic heterocycles. The molecule has 1 atom stereocenters. The molecule has 2 aromatic heterocycles. The van der Waals surface area contributed by atoms with Crippen LogP contribution in [0.15, 0.2) is 47.3 Å². The lowest BCUT2D eigenvalue weighted by Crippen LogP contribution is -1.97. The van der Waals surface area contributed by atoms with Gasteiger partial charge in [0.1, 0.15) is 11.3 Å². The van der Waals surface area contributed by atoms with E-state index in [2.05, 4.69) is 4.98 Å². The number of aromatic nitrogens is 2. The average molecular weight is 228 g/mol. The molecule has 0 aliphatic rings. The SMILES string of the molecule is Cn1cnc(C(O)c2cc3ccccc3o2)c1. The Kier molecular flexibility index (Phi) is 2.23. The molecule has 86 valence electrons. The maximum Gasteiger partial charge on any atom is 0.155 e. The summed E-state index contributed by atoms with van der Waals surface area (Å²) in [5, 5.41) is 11.1. The van der Waals surface area contributed by atoms with E-state index in [1.165, 1.54) is 0 Å². The number of aryl methyl sites for hydroxylation is 1. The van der Waals surface area contributed by atoms with Crippen molar-refractivity contribution in [2.24, 2.45) is 7.05 Å². The fourth-order valence-electron chi connectivity index (χ4n) is 1.86. The smallest absolute Gasteiger partial charge is 0.155 e. The molecule has 0 bridgehead atoms. The zero-order chi connectivity index (χ0) is 11.8. The van der Waals surface area contributed by atoms with Crippen LogP contribution in [0.3, 0.4) is 0 Å². The number of para-hydroxylation sites is 1. The molecular formula is C13H12N2O2. The number of aliphatic hydroxyl groups excluding tert-OH is 1. The Bertz CT molecular complexity index is 621. The molecule has 2 heterocycles. The summed E-state index contributed by atoms with van der Waals surface area (Å²) in [6, 6.07) is 9.52. The first-order valence-corrected chi connectivity index (χ1v) is 5.38. The zero-order valence-corrected chi connectivity index (χ0v) is 9.37. The van der Waals surface area contributed by atoms with E-state index in [1.807, 2.05) is 37.4 Å². The van der Waals surface area contributed by atoms with Crippen LogP contribution in [-0.2, 0) is 7.05 Å². The Morgan fingerprint density at radius 1 is 1.35 bits per heavy atom. The van der Waals surface area contributed by atoms with Crippen molar-refractivity contribution in [3.63, 3.8) is 0 Å². The molecular weight excluding hydrogens is 216 g/mol. The summed E-state index contributed by atoms with van der Waals surface area (Å²) in [5.74, 6) is 0.518. The Hall–Kier alpha value is -2.07. The number of benzene rings is 1. The van der Waals surface area contributed by atoms with Crippen molar-refractivity contribution in [2.45, 2.75) is 6.10 Å². The van der Waals surface area contributed by atoms with E-state index >= 15 is 0 Å². The summed E-state index contributed by atoms with van der Waals surface area (Å²) >= 11 is 0. The lowest BCUT2D eigenvalue weighted by Gasteiger charge is -2.02. The van der Waals surface area contributed by atoms with E-state index in [1.54, 1.807) is 17.1 Å². The number of aliphatic hydroxyl groups is 1. The van der Waals surface area contributed by atoms with E-state index in [-0.39, 0.29) is 0 Å². The van der Waals surface area contributed by atoms with Gasteiger partial charge < -0.3 is 14.1 Å². The fraction of sp³-hybridized carbons (Fsp3) is 0.154. The monoisotopic (exact) mass is 228 g/mol. The van der Waals surface area contributed by atoms with Gasteiger partial charge in [0.25, 0.3) is 0 Å². The predicted molar refractivity (Wildman–Crippen MR) is 63.5 cm³/mol. The highest BCUT2D eigenvalue weighted by atomic mass is 16.4. The van der Waals surface area contributed by atoms with Crippen LogP contribution < -0.4 is 0 Å². The van der Waals surface area contributed by atoms with Crippen molar-refractivity contribution in [2.75, 3.05) is 0 Å². The second kappa shape index (κ2) is 3.75. The largest absolute Gasteiger partial charge is 0.458 e. The molecule has 3 rings (SSSR count). The number of nitrogens with zero attached hydrogens (tertiary/aromatic N) is 2. The Morgan fingerprint density at radius 2 is 2.18 bits per heavy atom. The first kappa shape index (κ1) is 10.1. The van der Waals surface area contributed by atoms with Crippen LogP contribution in [0, 0.1) is 0 Å². The zero-order valence-electron chi connectivity index (χ0n) is 9.37. The summed E-state index contributed by atoms with van der Waals surface area (Å²) in [6.45, 7) is 0. The highest BCUT2D eigenvalue weighted by Gasteiger charge is 2.17. The third kappa shape index (κ3) is 1.72. The third-order valence-electron chi connectivity index (χ3n) is 2.72. The van der Waals surface area contributed by atoms with Crippen LogP contribution in [0.1, 0.15) is 17.6 Å². The molecule has 0 aliphatic carbocycles. The van der Waals surface area contributed by atoms with Crippen molar-refractivity contribution in [1.82, 2.24) is 9.55 Å². The Balaban J connectivity index is 2.03. The van der Waals surface area contributed by atoms with Crippen LogP contribution in [0.25, 0.3) is 11.0 Å². The van der Waals surface area contributed by atoms with Gasteiger partial charge in [-0.25, -0.2) is 4.98 Å². The lowest BCUT2D eigenvalue weighted by molar-refractivity contribution is 0.188. The lowest BCUT2D eigenvalue weighted by atomic mass is 10.2. The summed E-state index contributed by atoms with van der Waals surface area (Å²) in [4.78, 5) is 4.12. The average Bonchev–Trinajstić information content (AvgIpc) is 2.93. The van der Waals surface area contributed by atoms with Gasteiger partial charge >= 0.3 is 0 Å². The standard InChI is InChI=1S/C13H12N2O2/c1-15-7-10(14-8-15)13(16)12-6-9-4-2-3-5-11(9)17-12/h2-8,13,16H,1H3. The number of hydrogen-bond acceptors (Lipinski definition) is 3. The van der Waals surface area contributed by atoms with Gasteiger partial charge in [-0.2, -0.15) is 0 Å². The predicted octanol–water partition coefficient (Wildman–Crippen LogP) is 2.25. The number of imidazole rings is 1. The number of rotatable bonds is 2. The quantitative estimate of drug-likeness (QED) is 0.731. The molecule has 0 saturated heterocycles. The van der Waals surface area contributed by atoms with E-state index in [0.29, 0.717) is 11.5 Å². The topological polar surface area (TPSA) is 51.2 Å². The Morgan fingerprint density at radius 3 is 2.88 bits per heavy atom. The van der Waals surface area contributed by atoms with Crippen LogP contribution in [-0.4, -0.2) is 14.7 Å². The minimum Gasteiger partial charge on any atom is -0.458 e. The van der Waals surface area contributed by atoms with Gasteiger partial charge in [-0.3, -0.25) is 0 Å². The van der Waals surface area contributed by atoms with E-state index < -0.39 is 6.10 Å². The highest BCUT2D eigenvalue weighted by Crippen LogP contribution is 2.26. The molecule has 17 heavy (non-hydrogen) atoms. The minimum absolute atomic E-state index is 0.518. The van der Waals surface area contributed by atoms with Crippen molar-refractivity contribution >= 4 is 11.0 Å². The molecule has 1 aromatic carbocycles. The normalized spacial score (nSPS) is 13.1. The highest BCUT2D eigenvalue weighted by molar-refractivity contribution is 5.77. The van der Waals surface area contributed by atoms with Crippen molar-refractivity contribution in [1.29, 1.82) is 0 Å². The molecule has 1 unspecified atom stereocenters. The number of fused-ring (bicyclic) bond motifs is 1. The van der Waals surface area contributed by atoms with Gasteiger partial charge in [0, 0.05) is 18.6 Å². The molecule has 0 spiro atoms. The maximum absolute atomic E-state index is 10.1. The van der Waals surface area contributed by atoms with Gasteiger partial charge in [0.15, 0.2) is 6.10 Å². The molecule has 0 fully saturated rings. The van der Waals surface area contributed by atoms with Gasteiger partial charge in [-0.1, -0.05) is 18.2 Å². The van der Waals surface area contributed by atoms with Crippen molar-refractivity contribution in [3.05, 3.63) is 54.3 Å².